The maximum atomic E-state index is 13.5. The van der Waals surface area contributed by atoms with Crippen molar-refractivity contribution in [2.75, 3.05) is 5.32 Å². The van der Waals surface area contributed by atoms with E-state index in [9.17, 15) is 14.0 Å². The lowest BCUT2D eigenvalue weighted by Gasteiger charge is -2.13. The molecule has 0 unspecified atom stereocenters. The topological polar surface area (TPSA) is 96.2 Å². The van der Waals surface area contributed by atoms with Crippen molar-refractivity contribution in [1.82, 2.24) is 15.1 Å². The first-order valence-corrected chi connectivity index (χ1v) is 13.0. The number of benzene rings is 5. The lowest BCUT2D eigenvalue weighted by molar-refractivity contribution is 0.0696. The van der Waals surface area contributed by atoms with E-state index in [2.05, 4.69) is 46.1 Å². The number of anilines is 2. The molecule has 0 aliphatic heterocycles. The third kappa shape index (κ3) is 5.49. The number of hydrogen-bond acceptors (Lipinski definition) is 4. The zero-order chi connectivity index (χ0) is 28.3. The Balaban J connectivity index is 1.34. The molecule has 0 bridgehead atoms. The van der Waals surface area contributed by atoms with Gasteiger partial charge in [-0.2, -0.15) is 5.10 Å². The first kappa shape index (κ1) is 25.8. The van der Waals surface area contributed by atoms with Gasteiger partial charge in [0.2, 0.25) is 0 Å². The first-order chi connectivity index (χ1) is 19.9. The number of amides is 1. The normalized spacial score (nSPS) is 11.0. The molecule has 41 heavy (non-hydrogen) atoms. The maximum Gasteiger partial charge on any atom is 0.335 e. The molecule has 1 aromatic heterocycles. The Kier molecular flexibility index (Phi) is 6.87. The summed E-state index contributed by atoms with van der Waals surface area (Å²) in [5, 5.41) is 23.1. The van der Waals surface area contributed by atoms with Gasteiger partial charge in [-0.05, 0) is 76.5 Å². The molecular formula is C33H25FN4O3. The van der Waals surface area contributed by atoms with E-state index >= 15 is 0 Å². The Labute approximate surface area is 234 Å². The van der Waals surface area contributed by atoms with E-state index in [-0.39, 0.29) is 23.8 Å². The minimum atomic E-state index is -1.00. The van der Waals surface area contributed by atoms with Crippen molar-refractivity contribution in [2.45, 2.75) is 13.1 Å². The lowest BCUT2D eigenvalue weighted by Crippen LogP contribution is -2.24. The number of carboxylic acid groups (broad SMARTS) is 1. The molecule has 8 heteroatoms. The van der Waals surface area contributed by atoms with Gasteiger partial charge in [-0.25, -0.2) is 9.18 Å². The fourth-order valence-corrected chi connectivity index (χ4v) is 4.86. The SMILES string of the molecule is O=C(O)c1ccc(CNC(=O)c2ccc(Nc3ccc(F)cc3)c3cnn(Cc4ccc5ccccc5c4)c23)cc1. The molecule has 0 atom stereocenters. The fraction of sp³-hybridized carbons (Fsp3) is 0.0606. The molecule has 7 nitrogen and oxygen atoms in total. The number of fused-ring (bicyclic) bond motifs is 2. The van der Waals surface area contributed by atoms with Crippen LogP contribution in [-0.4, -0.2) is 26.8 Å². The monoisotopic (exact) mass is 544 g/mol. The second kappa shape index (κ2) is 10.9. The number of nitrogens with zero attached hydrogens (tertiary/aromatic N) is 2. The number of aromatic nitrogens is 2. The van der Waals surface area contributed by atoms with E-state index in [4.69, 9.17) is 5.11 Å². The first-order valence-electron chi connectivity index (χ1n) is 13.0. The third-order valence-electron chi connectivity index (χ3n) is 6.97. The molecule has 6 rings (SSSR count). The number of nitrogens with one attached hydrogen (secondary N) is 2. The summed E-state index contributed by atoms with van der Waals surface area (Å²) in [6, 6.07) is 30.4. The highest BCUT2D eigenvalue weighted by Gasteiger charge is 2.18. The van der Waals surface area contributed by atoms with Gasteiger partial charge in [0, 0.05) is 23.3 Å². The van der Waals surface area contributed by atoms with Gasteiger partial charge in [-0.1, -0.05) is 48.5 Å². The van der Waals surface area contributed by atoms with Gasteiger partial charge in [0.05, 0.1) is 29.4 Å². The predicted molar refractivity (Wildman–Crippen MR) is 157 cm³/mol. The molecule has 0 spiro atoms. The van der Waals surface area contributed by atoms with Crippen LogP contribution in [0.1, 0.15) is 31.8 Å². The summed E-state index contributed by atoms with van der Waals surface area (Å²) < 4.78 is 15.3. The number of halogens is 1. The van der Waals surface area contributed by atoms with E-state index in [0.717, 1.165) is 33.0 Å². The van der Waals surface area contributed by atoms with Gasteiger partial charge >= 0.3 is 5.97 Å². The van der Waals surface area contributed by atoms with E-state index in [1.807, 2.05) is 22.9 Å². The second-order valence-electron chi connectivity index (χ2n) is 9.72. The van der Waals surface area contributed by atoms with Crippen LogP contribution in [0.15, 0.2) is 109 Å². The summed E-state index contributed by atoms with van der Waals surface area (Å²) in [4.78, 5) is 24.6. The molecule has 5 aromatic carbocycles. The van der Waals surface area contributed by atoms with Crippen LogP contribution in [-0.2, 0) is 13.1 Å². The molecule has 0 radical (unpaired) electrons. The van der Waals surface area contributed by atoms with E-state index in [0.29, 0.717) is 23.3 Å². The van der Waals surface area contributed by atoms with Crippen molar-refractivity contribution in [2.24, 2.45) is 0 Å². The quantitative estimate of drug-likeness (QED) is 0.197. The molecule has 1 amide bonds. The minimum absolute atomic E-state index is 0.184. The molecule has 0 saturated heterocycles. The van der Waals surface area contributed by atoms with Crippen molar-refractivity contribution in [3.05, 3.63) is 137 Å². The average molecular weight is 545 g/mol. The van der Waals surface area contributed by atoms with Gasteiger partial charge in [0.25, 0.3) is 5.91 Å². The number of aromatic carboxylic acids is 1. The maximum absolute atomic E-state index is 13.5. The van der Waals surface area contributed by atoms with Crippen molar-refractivity contribution in [3.63, 3.8) is 0 Å². The Morgan fingerprint density at radius 1 is 0.829 bits per heavy atom. The van der Waals surface area contributed by atoms with E-state index in [1.165, 1.54) is 24.3 Å². The predicted octanol–water partition coefficient (Wildman–Crippen LogP) is 6.75. The molecular weight excluding hydrogens is 519 g/mol. The molecule has 0 aliphatic rings. The van der Waals surface area contributed by atoms with Crippen LogP contribution in [0.5, 0.6) is 0 Å². The molecule has 0 aliphatic carbocycles. The third-order valence-corrected chi connectivity index (χ3v) is 6.97. The molecule has 3 N–H and O–H groups in total. The molecule has 1 heterocycles. The number of carbonyl (C=O) groups is 2. The number of carboxylic acids is 1. The zero-order valence-corrected chi connectivity index (χ0v) is 21.8. The summed E-state index contributed by atoms with van der Waals surface area (Å²) in [5.74, 6) is -1.61. The van der Waals surface area contributed by atoms with Crippen LogP contribution < -0.4 is 10.6 Å². The Morgan fingerprint density at radius 2 is 1.56 bits per heavy atom. The highest BCUT2D eigenvalue weighted by Crippen LogP contribution is 2.30. The van der Waals surface area contributed by atoms with Crippen LogP contribution in [0.4, 0.5) is 15.8 Å². The molecule has 0 fully saturated rings. The summed E-state index contributed by atoms with van der Waals surface area (Å²) in [6.45, 7) is 0.680. The standard InChI is InChI=1S/C33H25FN4O3/c34-26-11-13-27(14-12-26)37-30-16-15-28(32(39)35-18-21-5-9-24(10-6-21)33(40)41)31-29(30)19-36-38(31)20-22-7-8-23-3-1-2-4-25(23)17-22/h1-17,19,37H,18,20H2,(H,35,39)(H,40,41). The van der Waals surface area contributed by atoms with Gasteiger partial charge in [-0.15, -0.1) is 0 Å². The van der Waals surface area contributed by atoms with Crippen LogP contribution in [0, 0.1) is 5.82 Å². The van der Waals surface area contributed by atoms with Gasteiger partial charge < -0.3 is 15.7 Å². The highest BCUT2D eigenvalue weighted by molar-refractivity contribution is 6.09. The molecule has 6 aromatic rings. The van der Waals surface area contributed by atoms with Crippen molar-refractivity contribution < 1.29 is 19.1 Å². The number of rotatable bonds is 8. The van der Waals surface area contributed by atoms with Crippen LogP contribution in [0.25, 0.3) is 21.7 Å². The lowest BCUT2D eigenvalue weighted by atomic mass is 10.1. The summed E-state index contributed by atoms with van der Waals surface area (Å²) in [6.07, 6.45) is 1.73. The van der Waals surface area contributed by atoms with Crippen LogP contribution in [0.3, 0.4) is 0 Å². The number of hydrogen-bond donors (Lipinski definition) is 3. The molecule has 202 valence electrons. The zero-order valence-electron chi connectivity index (χ0n) is 21.8. The summed E-state index contributed by atoms with van der Waals surface area (Å²) in [5.41, 5.74) is 4.54. The van der Waals surface area contributed by atoms with Gasteiger partial charge in [0.1, 0.15) is 5.82 Å². The van der Waals surface area contributed by atoms with Gasteiger partial charge in [-0.3, -0.25) is 9.48 Å². The Hall–Kier alpha value is -5.50. The van der Waals surface area contributed by atoms with Crippen molar-refractivity contribution in [1.29, 1.82) is 0 Å². The average Bonchev–Trinajstić information content (AvgIpc) is 3.41. The van der Waals surface area contributed by atoms with Crippen molar-refractivity contribution >= 4 is 44.9 Å². The smallest absolute Gasteiger partial charge is 0.335 e. The van der Waals surface area contributed by atoms with Crippen LogP contribution in [0.2, 0.25) is 0 Å². The number of carbonyl (C=O) groups excluding carboxylic acids is 1. The van der Waals surface area contributed by atoms with E-state index < -0.39 is 5.97 Å². The van der Waals surface area contributed by atoms with Crippen molar-refractivity contribution in [3.8, 4) is 0 Å². The summed E-state index contributed by atoms with van der Waals surface area (Å²) >= 11 is 0. The largest absolute Gasteiger partial charge is 0.478 e. The van der Waals surface area contributed by atoms with Gasteiger partial charge in [0.15, 0.2) is 0 Å². The Morgan fingerprint density at radius 3 is 2.32 bits per heavy atom. The fourth-order valence-electron chi connectivity index (χ4n) is 4.86. The highest BCUT2D eigenvalue weighted by atomic mass is 19.1. The Bertz CT molecular complexity index is 1900. The minimum Gasteiger partial charge on any atom is -0.478 e. The summed E-state index contributed by atoms with van der Waals surface area (Å²) in [7, 11) is 0. The van der Waals surface area contributed by atoms with Crippen LogP contribution >= 0.6 is 0 Å². The molecule has 0 saturated carbocycles. The van der Waals surface area contributed by atoms with E-state index in [1.54, 1.807) is 36.5 Å². The second-order valence-corrected chi connectivity index (χ2v) is 9.72.